The van der Waals surface area contributed by atoms with Gasteiger partial charge in [0, 0.05) is 24.8 Å². The molecule has 2 rings (SSSR count). The van der Waals surface area contributed by atoms with E-state index in [2.05, 4.69) is 20.0 Å². The van der Waals surface area contributed by atoms with Crippen LogP contribution in [0.1, 0.15) is 24.4 Å². The van der Waals surface area contributed by atoms with Crippen LogP contribution in [0.15, 0.2) is 34.8 Å². The van der Waals surface area contributed by atoms with Crippen LogP contribution in [-0.4, -0.2) is 25.4 Å². The van der Waals surface area contributed by atoms with Crippen molar-refractivity contribution in [2.45, 2.75) is 24.3 Å². The lowest BCUT2D eigenvalue weighted by molar-refractivity contribution is 0.549. The van der Waals surface area contributed by atoms with Gasteiger partial charge in [-0.25, -0.2) is 23.1 Å². The minimum atomic E-state index is -3.65. The molecule has 0 spiro atoms. The number of sulfonamides is 1. The van der Waals surface area contributed by atoms with Gasteiger partial charge in [-0.15, -0.1) is 11.3 Å². The number of aromatic nitrogens is 2. The molecular formula is C12H16N4O2S2. The molecule has 20 heavy (non-hydrogen) atoms. The Labute approximate surface area is 122 Å². The molecule has 1 unspecified atom stereocenters. The van der Waals surface area contributed by atoms with Crippen molar-refractivity contribution in [2.24, 2.45) is 0 Å². The quantitative estimate of drug-likeness (QED) is 0.852. The molecule has 0 aliphatic carbocycles. The number of hydrogen-bond donors (Lipinski definition) is 2. The fourth-order valence-electron chi connectivity index (χ4n) is 1.76. The largest absolute Gasteiger partial charge is 0.372 e. The highest BCUT2D eigenvalue weighted by molar-refractivity contribution is 7.89. The van der Waals surface area contributed by atoms with Gasteiger partial charge in [0.2, 0.25) is 10.0 Å². The van der Waals surface area contributed by atoms with Crippen molar-refractivity contribution in [3.63, 3.8) is 0 Å². The lowest BCUT2D eigenvalue weighted by atomic mass is 10.3. The summed E-state index contributed by atoms with van der Waals surface area (Å²) < 4.78 is 27.6. The molecule has 0 aromatic carbocycles. The van der Waals surface area contributed by atoms with Crippen LogP contribution in [0, 0.1) is 0 Å². The van der Waals surface area contributed by atoms with E-state index in [0.717, 1.165) is 5.01 Å². The highest BCUT2D eigenvalue weighted by atomic mass is 32.2. The maximum atomic E-state index is 12.5. The molecule has 0 aliphatic rings. The van der Waals surface area contributed by atoms with E-state index >= 15 is 0 Å². The smallest absolute Gasteiger partial charge is 0.244 e. The molecule has 0 fully saturated rings. The van der Waals surface area contributed by atoms with Crippen molar-refractivity contribution < 1.29 is 8.42 Å². The summed E-state index contributed by atoms with van der Waals surface area (Å²) in [5.74, 6) is 0.328. The fraction of sp³-hybridized carbons (Fsp3) is 0.333. The Morgan fingerprint density at radius 2 is 2.15 bits per heavy atom. The SMILES string of the molecule is CCC(NS(=O)(=O)c1cccnc1NC)c1nccs1. The zero-order chi connectivity index (χ0) is 14.6. The molecule has 0 radical (unpaired) electrons. The first kappa shape index (κ1) is 14.9. The number of anilines is 1. The molecule has 2 aromatic heterocycles. The van der Waals surface area contributed by atoms with E-state index in [1.165, 1.54) is 17.4 Å². The highest BCUT2D eigenvalue weighted by Gasteiger charge is 2.24. The molecule has 0 aliphatic heterocycles. The first-order valence-corrected chi connectivity index (χ1v) is 8.49. The number of pyridine rings is 1. The molecule has 108 valence electrons. The second kappa shape index (κ2) is 6.29. The van der Waals surface area contributed by atoms with Gasteiger partial charge in [-0.05, 0) is 18.6 Å². The second-order valence-electron chi connectivity index (χ2n) is 4.05. The molecule has 8 heteroatoms. The first-order valence-electron chi connectivity index (χ1n) is 6.13. The zero-order valence-electron chi connectivity index (χ0n) is 11.2. The third-order valence-corrected chi connectivity index (χ3v) is 5.14. The molecule has 0 bridgehead atoms. The minimum Gasteiger partial charge on any atom is -0.372 e. The van der Waals surface area contributed by atoms with E-state index in [1.54, 1.807) is 25.5 Å². The Morgan fingerprint density at radius 3 is 2.75 bits per heavy atom. The summed E-state index contributed by atoms with van der Waals surface area (Å²) in [5, 5.41) is 5.37. The fourth-order valence-corrected chi connectivity index (χ4v) is 4.06. The molecule has 2 aromatic rings. The zero-order valence-corrected chi connectivity index (χ0v) is 12.8. The molecule has 0 saturated carbocycles. The number of nitrogens with zero attached hydrogens (tertiary/aromatic N) is 2. The standard InChI is InChI=1S/C12H16N4O2S2/c1-3-9(12-15-7-8-19-12)16-20(17,18)10-5-4-6-14-11(10)13-2/h4-9,16H,3H2,1-2H3,(H,13,14). The molecule has 6 nitrogen and oxygen atoms in total. The van der Waals surface area contributed by atoms with Gasteiger partial charge in [0.1, 0.15) is 15.7 Å². The van der Waals surface area contributed by atoms with Crippen LogP contribution in [0.2, 0.25) is 0 Å². The van der Waals surface area contributed by atoms with Crippen molar-refractivity contribution >= 4 is 27.2 Å². The summed E-state index contributed by atoms with van der Waals surface area (Å²) in [6.45, 7) is 1.91. The van der Waals surface area contributed by atoms with Crippen LogP contribution in [0.5, 0.6) is 0 Å². The van der Waals surface area contributed by atoms with Gasteiger partial charge in [-0.3, -0.25) is 0 Å². The van der Waals surface area contributed by atoms with E-state index in [1.807, 2.05) is 12.3 Å². The Bertz CT molecular complexity index is 656. The van der Waals surface area contributed by atoms with Gasteiger partial charge in [-0.1, -0.05) is 6.92 Å². The first-order chi connectivity index (χ1) is 9.58. The summed E-state index contributed by atoms with van der Waals surface area (Å²) in [6.07, 6.45) is 3.84. The number of nitrogens with one attached hydrogen (secondary N) is 2. The van der Waals surface area contributed by atoms with E-state index in [-0.39, 0.29) is 10.9 Å². The van der Waals surface area contributed by atoms with Crippen LogP contribution in [0.25, 0.3) is 0 Å². The Kier molecular flexibility index (Phi) is 4.69. The summed E-state index contributed by atoms with van der Waals surface area (Å²) >= 11 is 1.43. The van der Waals surface area contributed by atoms with Crippen molar-refractivity contribution in [2.75, 3.05) is 12.4 Å². The second-order valence-corrected chi connectivity index (χ2v) is 6.66. The monoisotopic (exact) mass is 312 g/mol. The number of hydrogen-bond acceptors (Lipinski definition) is 6. The van der Waals surface area contributed by atoms with Crippen molar-refractivity contribution in [3.8, 4) is 0 Å². The van der Waals surface area contributed by atoms with Gasteiger partial charge in [0.05, 0.1) is 6.04 Å². The van der Waals surface area contributed by atoms with E-state index in [9.17, 15) is 8.42 Å². The van der Waals surface area contributed by atoms with E-state index in [0.29, 0.717) is 12.2 Å². The molecule has 2 heterocycles. The van der Waals surface area contributed by atoms with Gasteiger partial charge >= 0.3 is 0 Å². The Hall–Kier alpha value is -1.51. The normalized spacial score (nSPS) is 13.1. The van der Waals surface area contributed by atoms with Crippen LogP contribution < -0.4 is 10.0 Å². The van der Waals surface area contributed by atoms with Gasteiger partial charge < -0.3 is 5.32 Å². The maximum Gasteiger partial charge on any atom is 0.244 e. The molecule has 0 saturated heterocycles. The summed E-state index contributed by atoms with van der Waals surface area (Å²) in [6, 6.07) is 2.79. The predicted molar refractivity (Wildman–Crippen MR) is 79.3 cm³/mol. The van der Waals surface area contributed by atoms with Crippen LogP contribution >= 0.6 is 11.3 Å². The number of thiazole rings is 1. The summed E-state index contributed by atoms with van der Waals surface area (Å²) in [5.41, 5.74) is 0. The molecule has 0 amide bonds. The summed E-state index contributed by atoms with van der Waals surface area (Å²) in [4.78, 5) is 8.32. The lowest BCUT2D eigenvalue weighted by Crippen LogP contribution is -2.29. The van der Waals surface area contributed by atoms with Crippen molar-refractivity contribution in [3.05, 3.63) is 34.9 Å². The van der Waals surface area contributed by atoms with Crippen molar-refractivity contribution in [1.29, 1.82) is 0 Å². The predicted octanol–water partition coefficient (Wildman–Crippen LogP) is 2.01. The van der Waals surface area contributed by atoms with E-state index in [4.69, 9.17) is 0 Å². The average molecular weight is 312 g/mol. The van der Waals surface area contributed by atoms with Crippen LogP contribution in [0.4, 0.5) is 5.82 Å². The van der Waals surface area contributed by atoms with Gasteiger partial charge in [0.15, 0.2) is 0 Å². The Morgan fingerprint density at radius 1 is 1.35 bits per heavy atom. The summed E-state index contributed by atoms with van der Waals surface area (Å²) in [7, 11) is -2.01. The van der Waals surface area contributed by atoms with E-state index < -0.39 is 10.0 Å². The molecule has 2 N–H and O–H groups in total. The minimum absolute atomic E-state index is 0.137. The molecular weight excluding hydrogens is 296 g/mol. The third-order valence-electron chi connectivity index (χ3n) is 2.75. The average Bonchev–Trinajstić information content (AvgIpc) is 2.98. The van der Waals surface area contributed by atoms with Crippen molar-refractivity contribution in [1.82, 2.24) is 14.7 Å². The lowest BCUT2D eigenvalue weighted by Gasteiger charge is -2.16. The third kappa shape index (κ3) is 3.14. The number of rotatable bonds is 6. The highest BCUT2D eigenvalue weighted by Crippen LogP contribution is 2.24. The van der Waals surface area contributed by atoms with Gasteiger partial charge in [-0.2, -0.15) is 0 Å². The Balaban J connectivity index is 2.31. The van der Waals surface area contributed by atoms with Crippen LogP contribution in [0.3, 0.4) is 0 Å². The molecule has 1 atom stereocenters. The van der Waals surface area contributed by atoms with Crippen LogP contribution in [-0.2, 0) is 10.0 Å². The van der Waals surface area contributed by atoms with Gasteiger partial charge in [0.25, 0.3) is 0 Å². The maximum absolute atomic E-state index is 12.5. The topological polar surface area (TPSA) is 84.0 Å².